The van der Waals surface area contributed by atoms with Gasteiger partial charge in [0.05, 0.1) is 13.0 Å². The molecule has 1 amide bonds. The summed E-state index contributed by atoms with van der Waals surface area (Å²) in [6, 6.07) is 5.24. The van der Waals surface area contributed by atoms with Crippen LogP contribution in [0.3, 0.4) is 0 Å². The standard InChI is InChI=1S/C11H12F4N2O/c12-8-2-1-3-9(6-8)17-10(18)7-16-5-4-11(13,14)15/h1-3,6,16H,4-5,7H2,(H,17,18). The van der Waals surface area contributed by atoms with Crippen molar-refractivity contribution < 1.29 is 22.4 Å². The van der Waals surface area contributed by atoms with Crippen LogP contribution in [0.4, 0.5) is 23.2 Å². The Morgan fingerprint density at radius 1 is 1.28 bits per heavy atom. The molecule has 1 aromatic carbocycles. The van der Waals surface area contributed by atoms with Crippen LogP contribution in [0.2, 0.25) is 0 Å². The number of hydrogen-bond acceptors (Lipinski definition) is 2. The SMILES string of the molecule is O=C(CNCCC(F)(F)F)Nc1cccc(F)c1. The van der Waals surface area contributed by atoms with Gasteiger partial charge in [0.15, 0.2) is 0 Å². The molecule has 0 heterocycles. The topological polar surface area (TPSA) is 41.1 Å². The zero-order chi connectivity index (χ0) is 13.6. The highest BCUT2D eigenvalue weighted by atomic mass is 19.4. The number of anilines is 1. The molecule has 0 aromatic heterocycles. The molecule has 3 nitrogen and oxygen atoms in total. The number of halogens is 4. The lowest BCUT2D eigenvalue weighted by Gasteiger charge is -2.08. The average Bonchev–Trinajstić information content (AvgIpc) is 2.23. The normalized spacial score (nSPS) is 11.3. The molecule has 0 saturated carbocycles. The summed E-state index contributed by atoms with van der Waals surface area (Å²) in [5.41, 5.74) is 0.262. The highest BCUT2D eigenvalue weighted by molar-refractivity contribution is 5.92. The van der Waals surface area contributed by atoms with Gasteiger partial charge in [0, 0.05) is 12.2 Å². The van der Waals surface area contributed by atoms with Crippen molar-refractivity contribution in [3.63, 3.8) is 0 Å². The summed E-state index contributed by atoms with van der Waals surface area (Å²) >= 11 is 0. The molecular weight excluding hydrogens is 252 g/mol. The number of carbonyl (C=O) groups excluding carboxylic acids is 1. The second-order valence-electron chi connectivity index (χ2n) is 3.60. The third-order valence-electron chi connectivity index (χ3n) is 1.98. The Kier molecular flexibility index (Phi) is 5.08. The third-order valence-corrected chi connectivity index (χ3v) is 1.98. The Morgan fingerprint density at radius 2 is 2.00 bits per heavy atom. The van der Waals surface area contributed by atoms with E-state index < -0.39 is 24.3 Å². The van der Waals surface area contributed by atoms with E-state index in [1.54, 1.807) is 0 Å². The molecule has 0 aliphatic carbocycles. The molecule has 0 radical (unpaired) electrons. The van der Waals surface area contributed by atoms with Gasteiger partial charge in [-0.2, -0.15) is 13.2 Å². The van der Waals surface area contributed by atoms with E-state index in [9.17, 15) is 22.4 Å². The Morgan fingerprint density at radius 3 is 2.61 bits per heavy atom. The first-order valence-electron chi connectivity index (χ1n) is 5.20. The summed E-state index contributed by atoms with van der Waals surface area (Å²) in [7, 11) is 0. The number of hydrogen-bond donors (Lipinski definition) is 2. The van der Waals surface area contributed by atoms with Crippen molar-refractivity contribution >= 4 is 11.6 Å². The number of rotatable bonds is 5. The molecule has 0 saturated heterocycles. The van der Waals surface area contributed by atoms with Crippen LogP contribution in [-0.2, 0) is 4.79 Å². The van der Waals surface area contributed by atoms with Crippen molar-refractivity contribution in [1.29, 1.82) is 0 Å². The van der Waals surface area contributed by atoms with Crippen molar-refractivity contribution in [3.05, 3.63) is 30.1 Å². The number of benzene rings is 1. The van der Waals surface area contributed by atoms with Crippen molar-refractivity contribution in [2.75, 3.05) is 18.4 Å². The van der Waals surface area contributed by atoms with Crippen molar-refractivity contribution in [2.45, 2.75) is 12.6 Å². The molecule has 2 N–H and O–H groups in total. The van der Waals surface area contributed by atoms with Crippen LogP contribution in [0.5, 0.6) is 0 Å². The van der Waals surface area contributed by atoms with Crippen LogP contribution in [0.1, 0.15) is 6.42 Å². The van der Waals surface area contributed by atoms with E-state index in [0.717, 1.165) is 6.07 Å². The molecule has 0 fully saturated rings. The van der Waals surface area contributed by atoms with Gasteiger partial charge < -0.3 is 10.6 Å². The van der Waals surface area contributed by atoms with Gasteiger partial charge in [0.2, 0.25) is 5.91 Å². The molecule has 0 spiro atoms. The molecule has 0 aliphatic rings. The largest absolute Gasteiger partial charge is 0.390 e. The van der Waals surface area contributed by atoms with E-state index in [2.05, 4.69) is 10.6 Å². The fourth-order valence-electron chi connectivity index (χ4n) is 1.20. The highest BCUT2D eigenvalue weighted by Gasteiger charge is 2.25. The number of carbonyl (C=O) groups is 1. The summed E-state index contributed by atoms with van der Waals surface area (Å²) in [6.45, 7) is -0.591. The number of nitrogens with one attached hydrogen (secondary N) is 2. The summed E-state index contributed by atoms with van der Waals surface area (Å²) in [4.78, 5) is 11.3. The van der Waals surface area contributed by atoms with Crippen molar-refractivity contribution in [3.8, 4) is 0 Å². The van der Waals surface area contributed by atoms with E-state index in [-0.39, 0.29) is 18.8 Å². The Balaban J connectivity index is 2.26. The Bertz CT molecular complexity index is 406. The second-order valence-corrected chi connectivity index (χ2v) is 3.60. The predicted molar refractivity (Wildman–Crippen MR) is 58.6 cm³/mol. The van der Waals surface area contributed by atoms with Crippen LogP contribution in [0.25, 0.3) is 0 Å². The molecule has 1 rings (SSSR count). The summed E-state index contributed by atoms with van der Waals surface area (Å²) in [5, 5.41) is 4.71. The molecule has 7 heteroatoms. The van der Waals surface area contributed by atoms with Gasteiger partial charge in [-0.3, -0.25) is 4.79 Å². The van der Waals surface area contributed by atoms with Crippen LogP contribution < -0.4 is 10.6 Å². The van der Waals surface area contributed by atoms with Gasteiger partial charge in [0.25, 0.3) is 0 Å². The zero-order valence-electron chi connectivity index (χ0n) is 9.35. The lowest BCUT2D eigenvalue weighted by atomic mass is 10.3. The van der Waals surface area contributed by atoms with Gasteiger partial charge in [-0.1, -0.05) is 6.07 Å². The molecule has 0 bridgehead atoms. The first-order valence-corrected chi connectivity index (χ1v) is 5.20. The maximum absolute atomic E-state index is 12.8. The molecule has 1 aromatic rings. The maximum Gasteiger partial charge on any atom is 0.390 e. The van der Waals surface area contributed by atoms with Gasteiger partial charge in [-0.05, 0) is 18.2 Å². The number of amides is 1. The van der Waals surface area contributed by atoms with E-state index in [0.29, 0.717) is 0 Å². The fourth-order valence-corrected chi connectivity index (χ4v) is 1.20. The Hall–Kier alpha value is -1.63. The van der Waals surface area contributed by atoms with E-state index in [1.165, 1.54) is 18.2 Å². The highest BCUT2D eigenvalue weighted by Crippen LogP contribution is 2.18. The monoisotopic (exact) mass is 264 g/mol. The van der Waals surface area contributed by atoms with E-state index >= 15 is 0 Å². The molecule has 18 heavy (non-hydrogen) atoms. The van der Waals surface area contributed by atoms with Gasteiger partial charge in [0.1, 0.15) is 5.82 Å². The zero-order valence-corrected chi connectivity index (χ0v) is 9.35. The fraction of sp³-hybridized carbons (Fsp3) is 0.364. The molecular formula is C11H12F4N2O. The minimum absolute atomic E-state index is 0.257. The summed E-state index contributed by atoms with van der Waals surface area (Å²) in [5.74, 6) is -1.03. The van der Waals surface area contributed by atoms with Crippen molar-refractivity contribution in [2.24, 2.45) is 0 Å². The predicted octanol–water partition coefficient (Wildman–Crippen LogP) is 2.31. The maximum atomic E-state index is 12.8. The first-order chi connectivity index (χ1) is 8.37. The minimum Gasteiger partial charge on any atom is -0.325 e. The Labute approximate surface area is 101 Å². The smallest absolute Gasteiger partial charge is 0.325 e. The first kappa shape index (κ1) is 14.4. The van der Waals surface area contributed by atoms with Crippen LogP contribution in [0, 0.1) is 5.82 Å². The third kappa shape index (κ3) is 6.19. The second kappa shape index (κ2) is 6.34. The lowest BCUT2D eigenvalue weighted by Crippen LogP contribution is -2.30. The summed E-state index contributed by atoms with van der Waals surface area (Å²) < 4.78 is 48.1. The van der Waals surface area contributed by atoms with Gasteiger partial charge in [-0.15, -0.1) is 0 Å². The lowest BCUT2D eigenvalue weighted by molar-refractivity contribution is -0.134. The van der Waals surface area contributed by atoms with Gasteiger partial charge in [-0.25, -0.2) is 4.39 Å². The molecule has 0 aliphatic heterocycles. The van der Waals surface area contributed by atoms with Crippen LogP contribution >= 0.6 is 0 Å². The quantitative estimate of drug-likeness (QED) is 0.633. The van der Waals surface area contributed by atoms with Crippen LogP contribution in [0.15, 0.2) is 24.3 Å². The molecule has 0 atom stereocenters. The average molecular weight is 264 g/mol. The molecule has 100 valence electrons. The molecule has 0 unspecified atom stereocenters. The summed E-state index contributed by atoms with van der Waals surface area (Å²) in [6.07, 6.45) is -5.24. The van der Waals surface area contributed by atoms with Crippen molar-refractivity contribution in [1.82, 2.24) is 5.32 Å². The van der Waals surface area contributed by atoms with Crippen LogP contribution in [-0.4, -0.2) is 25.2 Å². The van der Waals surface area contributed by atoms with E-state index in [1.807, 2.05) is 0 Å². The minimum atomic E-state index is -4.24. The van der Waals surface area contributed by atoms with Gasteiger partial charge >= 0.3 is 6.18 Å². The van der Waals surface area contributed by atoms with E-state index in [4.69, 9.17) is 0 Å². The number of alkyl halides is 3.